The Bertz CT molecular complexity index is 387. The first-order chi connectivity index (χ1) is 7.02. The number of halogens is 1. The van der Waals surface area contributed by atoms with E-state index in [1.807, 2.05) is 6.07 Å². The lowest BCUT2D eigenvalue weighted by atomic mass is 9.94. The van der Waals surface area contributed by atoms with Crippen molar-refractivity contribution in [2.75, 3.05) is 18.5 Å². The van der Waals surface area contributed by atoms with Crippen LogP contribution in [0.4, 0.5) is 5.69 Å². The first kappa shape index (κ1) is 10.8. The number of hydrogen-bond acceptors (Lipinski definition) is 2. The van der Waals surface area contributed by atoms with Gasteiger partial charge in [-0.25, -0.2) is 0 Å². The Labute approximate surface area is 96.0 Å². The number of nitrogens with two attached hydrogens (primary N) is 1. The van der Waals surface area contributed by atoms with E-state index in [1.54, 1.807) is 0 Å². The molecule has 3 heteroatoms. The van der Waals surface area contributed by atoms with Gasteiger partial charge >= 0.3 is 0 Å². The number of benzene rings is 1. The smallest absolute Gasteiger partial charge is 0.0456 e. The third-order valence-electron chi connectivity index (χ3n) is 3.28. The minimum atomic E-state index is 0.189. The highest BCUT2D eigenvalue weighted by molar-refractivity contribution is 6.31. The van der Waals surface area contributed by atoms with Crippen molar-refractivity contribution in [1.29, 1.82) is 0 Å². The van der Waals surface area contributed by atoms with Gasteiger partial charge in [-0.15, -0.1) is 0 Å². The Morgan fingerprint density at radius 1 is 1.53 bits per heavy atom. The summed E-state index contributed by atoms with van der Waals surface area (Å²) in [6, 6.07) is 4.28. The molecule has 1 aromatic rings. The lowest BCUT2D eigenvalue weighted by Crippen LogP contribution is -2.28. The van der Waals surface area contributed by atoms with Crippen LogP contribution in [0.1, 0.15) is 24.0 Å². The van der Waals surface area contributed by atoms with Gasteiger partial charge in [-0.05, 0) is 31.0 Å². The number of anilines is 1. The quantitative estimate of drug-likeness (QED) is 0.795. The fourth-order valence-electron chi connectivity index (χ4n) is 2.44. The van der Waals surface area contributed by atoms with Crippen LogP contribution in [0.2, 0.25) is 5.02 Å². The van der Waals surface area contributed by atoms with Crippen LogP contribution in [0.15, 0.2) is 12.1 Å². The first-order valence-electron chi connectivity index (χ1n) is 5.28. The van der Waals surface area contributed by atoms with E-state index in [1.165, 1.54) is 16.8 Å². The molecule has 0 aliphatic carbocycles. The van der Waals surface area contributed by atoms with Gasteiger partial charge in [0.2, 0.25) is 0 Å². The molecule has 0 spiro atoms. The van der Waals surface area contributed by atoms with Crippen LogP contribution < -0.4 is 10.6 Å². The summed E-state index contributed by atoms with van der Waals surface area (Å²) in [5.41, 5.74) is 9.78. The zero-order chi connectivity index (χ0) is 11.2. The predicted molar refractivity (Wildman–Crippen MR) is 65.8 cm³/mol. The summed E-state index contributed by atoms with van der Waals surface area (Å²) in [6.45, 7) is 5.13. The zero-order valence-electron chi connectivity index (χ0n) is 9.42. The minimum absolute atomic E-state index is 0.189. The van der Waals surface area contributed by atoms with Crippen molar-refractivity contribution in [3.05, 3.63) is 28.3 Å². The Morgan fingerprint density at radius 2 is 2.20 bits per heavy atom. The molecule has 2 rings (SSSR count). The van der Waals surface area contributed by atoms with Crippen LogP contribution in [0.25, 0.3) is 0 Å². The summed E-state index contributed by atoms with van der Waals surface area (Å²) < 4.78 is 0. The second kappa shape index (κ2) is 3.69. The highest BCUT2D eigenvalue weighted by Crippen LogP contribution is 2.41. The predicted octanol–water partition coefficient (Wildman–Crippen LogP) is 2.53. The minimum Gasteiger partial charge on any atom is -0.373 e. The van der Waals surface area contributed by atoms with Crippen LogP contribution in [0.3, 0.4) is 0 Å². The maximum absolute atomic E-state index is 6.13. The molecule has 1 heterocycles. The van der Waals surface area contributed by atoms with Crippen molar-refractivity contribution in [3.63, 3.8) is 0 Å². The van der Waals surface area contributed by atoms with Gasteiger partial charge in [-0.2, -0.15) is 0 Å². The van der Waals surface area contributed by atoms with Crippen molar-refractivity contribution >= 4 is 17.3 Å². The summed E-state index contributed by atoms with van der Waals surface area (Å²) in [4.78, 5) is 2.25. The van der Waals surface area contributed by atoms with Crippen LogP contribution in [0.5, 0.6) is 0 Å². The van der Waals surface area contributed by atoms with E-state index in [-0.39, 0.29) is 6.04 Å². The van der Waals surface area contributed by atoms with E-state index in [0.717, 1.165) is 11.6 Å². The molecule has 82 valence electrons. The first-order valence-corrected chi connectivity index (χ1v) is 5.66. The Kier molecular flexibility index (Phi) is 2.65. The third kappa shape index (κ3) is 1.62. The van der Waals surface area contributed by atoms with Gasteiger partial charge in [-0.1, -0.05) is 17.7 Å². The number of rotatable bonds is 1. The molecule has 2 nitrogen and oxygen atoms in total. The molecule has 2 unspecified atom stereocenters. The molecule has 1 aliphatic rings. The molecule has 0 saturated heterocycles. The van der Waals surface area contributed by atoms with Crippen molar-refractivity contribution in [2.45, 2.75) is 25.8 Å². The maximum Gasteiger partial charge on any atom is 0.0456 e. The lowest BCUT2D eigenvalue weighted by molar-refractivity contribution is 0.593. The highest BCUT2D eigenvalue weighted by Gasteiger charge is 2.30. The van der Waals surface area contributed by atoms with Gasteiger partial charge in [0.15, 0.2) is 0 Å². The fraction of sp³-hybridized carbons (Fsp3) is 0.500. The van der Waals surface area contributed by atoms with E-state index in [2.05, 4.69) is 31.9 Å². The number of likely N-dealkylation sites (N-methyl/N-ethyl adjacent to an activating group) is 1. The average molecular weight is 225 g/mol. The normalized spacial score (nSPS) is 21.7. The second-order valence-electron chi connectivity index (χ2n) is 4.46. The van der Waals surface area contributed by atoms with Gasteiger partial charge in [0.05, 0.1) is 0 Å². The molecule has 1 aliphatic heterocycles. The Morgan fingerprint density at radius 3 is 2.80 bits per heavy atom. The van der Waals surface area contributed by atoms with Gasteiger partial charge in [0, 0.05) is 36.3 Å². The summed E-state index contributed by atoms with van der Waals surface area (Å²) in [6.07, 6.45) is 0. The molecule has 1 aromatic carbocycles. The molecule has 2 N–H and O–H groups in total. The van der Waals surface area contributed by atoms with Crippen LogP contribution >= 0.6 is 11.6 Å². The molecule has 0 aromatic heterocycles. The molecule has 0 fully saturated rings. The van der Waals surface area contributed by atoms with Crippen LogP contribution in [-0.2, 0) is 0 Å². The number of fused-ring (bicyclic) bond motifs is 1. The lowest BCUT2D eigenvalue weighted by Gasteiger charge is -2.15. The second-order valence-corrected chi connectivity index (χ2v) is 4.86. The molecule has 15 heavy (non-hydrogen) atoms. The Balaban J connectivity index is 2.54. The summed E-state index contributed by atoms with van der Waals surface area (Å²) in [5.74, 6) is 0.431. The van der Waals surface area contributed by atoms with Gasteiger partial charge in [-0.3, -0.25) is 0 Å². The van der Waals surface area contributed by atoms with E-state index in [9.17, 15) is 0 Å². The molecule has 0 bridgehead atoms. The van der Waals surface area contributed by atoms with Crippen molar-refractivity contribution in [1.82, 2.24) is 0 Å². The topological polar surface area (TPSA) is 29.3 Å². The van der Waals surface area contributed by atoms with Crippen LogP contribution in [-0.4, -0.2) is 19.6 Å². The Hall–Kier alpha value is -0.730. The maximum atomic E-state index is 6.13. The van der Waals surface area contributed by atoms with Crippen LogP contribution in [0, 0.1) is 6.92 Å². The summed E-state index contributed by atoms with van der Waals surface area (Å²) >= 11 is 6.13. The van der Waals surface area contributed by atoms with E-state index in [0.29, 0.717) is 5.92 Å². The highest BCUT2D eigenvalue weighted by atomic mass is 35.5. The SMILES string of the molecule is Cc1c(Cl)ccc2c1N(C)CC2C(C)N. The summed E-state index contributed by atoms with van der Waals surface area (Å²) in [7, 11) is 2.10. The van der Waals surface area contributed by atoms with E-state index >= 15 is 0 Å². The average Bonchev–Trinajstić information content (AvgIpc) is 2.50. The largest absolute Gasteiger partial charge is 0.373 e. The van der Waals surface area contributed by atoms with Crippen molar-refractivity contribution in [3.8, 4) is 0 Å². The molecule has 2 atom stereocenters. The van der Waals surface area contributed by atoms with Gasteiger partial charge < -0.3 is 10.6 Å². The molecule has 0 amide bonds. The number of hydrogen-bond donors (Lipinski definition) is 1. The molecular formula is C12H17ClN2. The van der Waals surface area contributed by atoms with E-state index < -0.39 is 0 Å². The molecular weight excluding hydrogens is 208 g/mol. The molecule has 0 saturated carbocycles. The van der Waals surface area contributed by atoms with E-state index in [4.69, 9.17) is 17.3 Å². The zero-order valence-corrected chi connectivity index (χ0v) is 10.2. The van der Waals surface area contributed by atoms with Gasteiger partial charge in [0.1, 0.15) is 0 Å². The fourth-order valence-corrected chi connectivity index (χ4v) is 2.59. The third-order valence-corrected chi connectivity index (χ3v) is 3.69. The van der Waals surface area contributed by atoms with Crippen molar-refractivity contribution < 1.29 is 0 Å². The van der Waals surface area contributed by atoms with Crippen molar-refractivity contribution in [2.24, 2.45) is 5.73 Å². The summed E-state index contributed by atoms with van der Waals surface area (Å²) in [5, 5.41) is 0.839. The van der Waals surface area contributed by atoms with Gasteiger partial charge in [0.25, 0.3) is 0 Å². The molecule has 0 radical (unpaired) electrons. The monoisotopic (exact) mass is 224 g/mol. The standard InChI is InChI=1S/C12H17ClN2/c1-7-11(13)5-4-9-10(8(2)14)6-15(3)12(7)9/h4-5,8,10H,6,14H2,1-3H3. The number of nitrogens with zero attached hydrogens (tertiary/aromatic N) is 1.